The fraction of sp³-hybridized carbons (Fsp3) is 0.500. The molecule has 0 radical (unpaired) electrons. The van der Waals surface area contributed by atoms with Crippen molar-refractivity contribution in [1.82, 2.24) is 5.32 Å². The number of benzene rings is 1. The number of methoxy groups -OCH3 is 1. The molecular weight excluding hydrogens is 212 g/mol. The van der Waals surface area contributed by atoms with Gasteiger partial charge in [0.1, 0.15) is 0 Å². The summed E-state index contributed by atoms with van der Waals surface area (Å²) in [5.74, 6) is -1.56. The lowest BCUT2D eigenvalue weighted by Gasteiger charge is -2.26. The Morgan fingerprint density at radius 1 is 1.38 bits per heavy atom. The molecule has 1 fully saturated rings. The first-order valence-corrected chi connectivity index (χ1v) is 5.36. The van der Waals surface area contributed by atoms with E-state index in [1.54, 1.807) is 0 Å². The van der Waals surface area contributed by atoms with Crippen LogP contribution >= 0.6 is 0 Å². The highest BCUT2D eigenvalue weighted by Gasteiger charge is 2.34. The van der Waals surface area contributed by atoms with Crippen LogP contribution < -0.4 is 10.1 Å². The highest BCUT2D eigenvalue weighted by molar-refractivity contribution is 5.37. The third kappa shape index (κ3) is 1.67. The summed E-state index contributed by atoms with van der Waals surface area (Å²) in [6.07, 6.45) is 1.84. The second-order valence-corrected chi connectivity index (χ2v) is 4.30. The van der Waals surface area contributed by atoms with Crippen molar-refractivity contribution in [1.29, 1.82) is 0 Å². The van der Waals surface area contributed by atoms with E-state index in [-0.39, 0.29) is 5.75 Å². The molecule has 1 N–H and O–H groups in total. The van der Waals surface area contributed by atoms with Gasteiger partial charge in [-0.25, -0.2) is 8.78 Å². The van der Waals surface area contributed by atoms with Gasteiger partial charge in [-0.3, -0.25) is 0 Å². The molecule has 1 aliphatic rings. The summed E-state index contributed by atoms with van der Waals surface area (Å²) >= 11 is 0. The van der Waals surface area contributed by atoms with Crippen molar-refractivity contribution in [3.05, 3.63) is 29.3 Å². The summed E-state index contributed by atoms with van der Waals surface area (Å²) in [4.78, 5) is 0. The molecule has 0 bridgehead atoms. The zero-order valence-corrected chi connectivity index (χ0v) is 9.44. The molecule has 4 heteroatoms. The van der Waals surface area contributed by atoms with Gasteiger partial charge in [-0.1, -0.05) is 6.07 Å². The Bertz CT molecular complexity index is 400. The lowest BCUT2D eigenvalue weighted by atomic mass is 9.90. The van der Waals surface area contributed by atoms with E-state index in [2.05, 4.69) is 5.32 Å². The molecule has 1 aliphatic heterocycles. The van der Waals surface area contributed by atoms with Gasteiger partial charge in [0.05, 0.1) is 7.11 Å². The van der Waals surface area contributed by atoms with Crippen molar-refractivity contribution in [2.45, 2.75) is 25.3 Å². The molecular formula is C12H15F2NO. The Morgan fingerprint density at radius 2 is 2.12 bits per heavy atom. The topological polar surface area (TPSA) is 21.3 Å². The molecule has 0 saturated carbocycles. The van der Waals surface area contributed by atoms with Gasteiger partial charge in [0, 0.05) is 11.1 Å². The minimum absolute atomic E-state index is 0.299. The second-order valence-electron chi connectivity index (χ2n) is 4.30. The number of nitrogens with one attached hydrogen (secondary N) is 1. The predicted molar refractivity (Wildman–Crippen MR) is 57.5 cm³/mol. The van der Waals surface area contributed by atoms with Crippen LogP contribution in [0.2, 0.25) is 0 Å². The molecule has 0 aliphatic carbocycles. The summed E-state index contributed by atoms with van der Waals surface area (Å²) in [5, 5.41) is 3.24. The van der Waals surface area contributed by atoms with Gasteiger partial charge in [0.15, 0.2) is 17.4 Å². The quantitative estimate of drug-likeness (QED) is 0.838. The number of hydrogen-bond donors (Lipinski definition) is 1. The number of halogens is 2. The molecule has 1 aromatic rings. The van der Waals surface area contributed by atoms with E-state index in [0.29, 0.717) is 5.56 Å². The first-order valence-electron chi connectivity index (χ1n) is 5.36. The molecule has 1 atom stereocenters. The Morgan fingerprint density at radius 3 is 2.69 bits per heavy atom. The van der Waals surface area contributed by atoms with Gasteiger partial charge in [0.2, 0.25) is 0 Å². The molecule has 1 aromatic carbocycles. The molecule has 2 nitrogen and oxygen atoms in total. The minimum atomic E-state index is -0.662. The van der Waals surface area contributed by atoms with Crippen molar-refractivity contribution >= 4 is 0 Å². The smallest absolute Gasteiger partial charge is 0.190 e. The third-order valence-electron chi connectivity index (χ3n) is 3.22. The number of ether oxygens (including phenoxy) is 1. The summed E-state index contributed by atoms with van der Waals surface area (Å²) in [5.41, 5.74) is 0.0636. The fourth-order valence-electron chi connectivity index (χ4n) is 2.27. The largest absolute Gasteiger partial charge is 0.491 e. The van der Waals surface area contributed by atoms with Gasteiger partial charge < -0.3 is 10.1 Å². The predicted octanol–water partition coefficient (Wildman–Crippen LogP) is 2.57. The van der Waals surface area contributed by atoms with Crippen LogP contribution in [0.15, 0.2) is 12.1 Å². The average molecular weight is 227 g/mol. The SMILES string of the molecule is COc1c(F)ccc(C2(C)CCCN2)c1F. The summed E-state index contributed by atoms with van der Waals surface area (Å²) in [7, 11) is 1.27. The molecule has 88 valence electrons. The van der Waals surface area contributed by atoms with Gasteiger partial charge in [-0.05, 0) is 32.4 Å². The standard InChI is InChI=1S/C12H15F2NO/c1-12(6-3-7-15-12)8-4-5-9(13)11(16-2)10(8)14/h4-5,15H,3,6-7H2,1-2H3. The highest BCUT2D eigenvalue weighted by Crippen LogP contribution is 2.36. The fourth-order valence-corrected chi connectivity index (χ4v) is 2.27. The molecule has 1 heterocycles. The third-order valence-corrected chi connectivity index (χ3v) is 3.22. The van der Waals surface area contributed by atoms with E-state index in [1.165, 1.54) is 19.2 Å². The molecule has 0 amide bonds. The van der Waals surface area contributed by atoms with Crippen LogP contribution in [0.1, 0.15) is 25.3 Å². The Balaban J connectivity index is 2.49. The van der Waals surface area contributed by atoms with E-state index in [9.17, 15) is 8.78 Å². The molecule has 1 unspecified atom stereocenters. The van der Waals surface area contributed by atoms with Crippen molar-refractivity contribution < 1.29 is 13.5 Å². The normalized spacial score (nSPS) is 24.8. The molecule has 0 aromatic heterocycles. The van der Waals surface area contributed by atoms with Gasteiger partial charge >= 0.3 is 0 Å². The van der Waals surface area contributed by atoms with Gasteiger partial charge in [-0.2, -0.15) is 0 Å². The van der Waals surface area contributed by atoms with Crippen LogP contribution in [0.25, 0.3) is 0 Å². The molecule has 16 heavy (non-hydrogen) atoms. The Hall–Kier alpha value is -1.16. The lowest BCUT2D eigenvalue weighted by molar-refractivity contribution is 0.342. The van der Waals surface area contributed by atoms with Gasteiger partial charge in [-0.15, -0.1) is 0 Å². The van der Waals surface area contributed by atoms with Crippen LogP contribution in [0.5, 0.6) is 5.75 Å². The van der Waals surface area contributed by atoms with Crippen molar-refractivity contribution in [3.8, 4) is 5.75 Å². The Kier molecular flexibility index (Phi) is 2.84. The van der Waals surface area contributed by atoms with Crippen molar-refractivity contribution in [2.75, 3.05) is 13.7 Å². The van der Waals surface area contributed by atoms with Gasteiger partial charge in [0.25, 0.3) is 0 Å². The first-order chi connectivity index (χ1) is 7.58. The molecule has 1 saturated heterocycles. The summed E-state index contributed by atoms with van der Waals surface area (Å²) < 4.78 is 32.0. The summed E-state index contributed by atoms with van der Waals surface area (Å²) in [6, 6.07) is 2.74. The van der Waals surface area contributed by atoms with Crippen LogP contribution in [0.4, 0.5) is 8.78 Å². The van der Waals surface area contributed by atoms with Crippen molar-refractivity contribution in [3.63, 3.8) is 0 Å². The Labute approximate surface area is 93.6 Å². The summed E-state index contributed by atoms with van der Waals surface area (Å²) in [6.45, 7) is 2.78. The second kappa shape index (κ2) is 4.01. The molecule has 0 spiro atoms. The van der Waals surface area contributed by atoms with E-state index in [0.717, 1.165) is 19.4 Å². The lowest BCUT2D eigenvalue weighted by Crippen LogP contribution is -2.34. The first kappa shape index (κ1) is 11.3. The minimum Gasteiger partial charge on any atom is -0.491 e. The monoisotopic (exact) mass is 227 g/mol. The zero-order valence-electron chi connectivity index (χ0n) is 9.44. The van der Waals surface area contributed by atoms with Crippen molar-refractivity contribution in [2.24, 2.45) is 0 Å². The van der Waals surface area contributed by atoms with Crippen LogP contribution in [0, 0.1) is 11.6 Å². The maximum Gasteiger partial charge on any atom is 0.190 e. The van der Waals surface area contributed by atoms with Crippen LogP contribution in [-0.2, 0) is 5.54 Å². The van der Waals surface area contributed by atoms with Crippen LogP contribution in [0.3, 0.4) is 0 Å². The molecule has 2 rings (SSSR count). The number of hydrogen-bond acceptors (Lipinski definition) is 2. The maximum absolute atomic E-state index is 14.0. The average Bonchev–Trinajstić information content (AvgIpc) is 2.66. The van der Waals surface area contributed by atoms with E-state index < -0.39 is 17.2 Å². The zero-order chi connectivity index (χ0) is 11.8. The maximum atomic E-state index is 14.0. The van der Waals surface area contributed by atoms with E-state index in [4.69, 9.17) is 4.74 Å². The number of rotatable bonds is 2. The van der Waals surface area contributed by atoms with E-state index in [1.807, 2.05) is 6.92 Å². The highest BCUT2D eigenvalue weighted by atomic mass is 19.1. The van der Waals surface area contributed by atoms with Crippen LogP contribution in [-0.4, -0.2) is 13.7 Å². The van der Waals surface area contributed by atoms with E-state index >= 15 is 0 Å².